The first-order chi connectivity index (χ1) is 10.2. The number of nitrogens with zero attached hydrogens (tertiary/aromatic N) is 1. The predicted molar refractivity (Wildman–Crippen MR) is 94.0 cm³/mol. The molecule has 108 valence electrons. The predicted octanol–water partition coefficient (Wildman–Crippen LogP) is 5.07. The van der Waals surface area contributed by atoms with Gasteiger partial charge in [0.05, 0.1) is 15.3 Å². The zero-order valence-corrected chi connectivity index (χ0v) is 14.5. The maximum absolute atomic E-state index is 4.47. The third kappa shape index (κ3) is 3.03. The summed E-state index contributed by atoms with van der Waals surface area (Å²) < 4.78 is 1.21. The van der Waals surface area contributed by atoms with E-state index in [-0.39, 0.29) is 6.04 Å². The van der Waals surface area contributed by atoms with Crippen molar-refractivity contribution in [3.8, 4) is 0 Å². The van der Waals surface area contributed by atoms with Crippen molar-refractivity contribution in [2.45, 2.75) is 19.9 Å². The smallest absolute Gasteiger partial charge is 0.0731 e. The van der Waals surface area contributed by atoms with Crippen molar-refractivity contribution in [3.05, 3.63) is 62.4 Å². The summed E-state index contributed by atoms with van der Waals surface area (Å²) in [5, 5.41) is 4.76. The number of pyridine rings is 1. The van der Waals surface area contributed by atoms with E-state index in [0.29, 0.717) is 0 Å². The quantitative estimate of drug-likeness (QED) is 0.702. The van der Waals surface area contributed by atoms with Gasteiger partial charge in [-0.2, -0.15) is 0 Å². The molecule has 4 heteroatoms. The number of hydrogen-bond donors (Lipinski definition) is 1. The zero-order chi connectivity index (χ0) is 14.8. The standard InChI is InChI=1S/C17H17BrN2S/c1-3-19-16(15-9-11(2)17(18)21-15)13-7-6-12-5-4-8-20-14(12)10-13/h4-10,16,19H,3H2,1-2H3. The fourth-order valence-corrected chi connectivity index (χ4v) is 4.15. The fraction of sp³-hybridized carbons (Fsp3) is 0.235. The molecular formula is C17H17BrN2S. The van der Waals surface area contributed by atoms with Gasteiger partial charge in [0.1, 0.15) is 0 Å². The van der Waals surface area contributed by atoms with E-state index in [1.165, 1.54) is 25.2 Å². The Hall–Kier alpha value is -1.23. The third-order valence-electron chi connectivity index (χ3n) is 3.53. The minimum Gasteiger partial charge on any atom is -0.306 e. The van der Waals surface area contributed by atoms with Crippen LogP contribution in [-0.2, 0) is 0 Å². The summed E-state index contributed by atoms with van der Waals surface area (Å²) in [4.78, 5) is 5.80. The molecule has 0 spiro atoms. The first-order valence-electron chi connectivity index (χ1n) is 7.03. The van der Waals surface area contributed by atoms with E-state index in [9.17, 15) is 0 Å². The SMILES string of the molecule is CCNC(c1ccc2cccnc2c1)c1cc(C)c(Br)s1. The first kappa shape index (κ1) is 14.7. The molecule has 2 heterocycles. The second-order valence-corrected chi connectivity index (χ2v) is 7.45. The van der Waals surface area contributed by atoms with Gasteiger partial charge in [0.25, 0.3) is 0 Å². The van der Waals surface area contributed by atoms with E-state index >= 15 is 0 Å². The number of aromatic nitrogens is 1. The summed E-state index contributed by atoms with van der Waals surface area (Å²) in [6.07, 6.45) is 1.85. The van der Waals surface area contributed by atoms with Crippen LogP contribution in [0.5, 0.6) is 0 Å². The number of thiophene rings is 1. The lowest BCUT2D eigenvalue weighted by molar-refractivity contribution is 0.640. The van der Waals surface area contributed by atoms with Crippen LogP contribution in [0.25, 0.3) is 10.9 Å². The van der Waals surface area contributed by atoms with Gasteiger partial charge in [0, 0.05) is 16.5 Å². The van der Waals surface area contributed by atoms with E-state index < -0.39 is 0 Å². The van der Waals surface area contributed by atoms with E-state index in [1.54, 1.807) is 11.3 Å². The molecule has 0 aliphatic carbocycles. The summed E-state index contributed by atoms with van der Waals surface area (Å²) in [7, 11) is 0. The Labute approximate surface area is 137 Å². The van der Waals surface area contributed by atoms with Gasteiger partial charge in [0.15, 0.2) is 0 Å². The van der Waals surface area contributed by atoms with Crippen molar-refractivity contribution in [3.63, 3.8) is 0 Å². The Morgan fingerprint density at radius 1 is 1.29 bits per heavy atom. The van der Waals surface area contributed by atoms with Crippen molar-refractivity contribution in [2.24, 2.45) is 0 Å². The summed E-state index contributed by atoms with van der Waals surface area (Å²) in [6.45, 7) is 5.20. The Morgan fingerprint density at radius 3 is 2.86 bits per heavy atom. The van der Waals surface area contributed by atoms with Gasteiger partial charge in [-0.15, -0.1) is 11.3 Å². The lowest BCUT2D eigenvalue weighted by atomic mass is 10.0. The molecule has 1 atom stereocenters. The van der Waals surface area contributed by atoms with Crippen molar-refractivity contribution >= 4 is 38.2 Å². The average molecular weight is 361 g/mol. The maximum Gasteiger partial charge on any atom is 0.0731 e. The van der Waals surface area contributed by atoms with Crippen LogP contribution in [0, 0.1) is 6.92 Å². The normalized spacial score (nSPS) is 12.7. The number of nitrogens with one attached hydrogen (secondary N) is 1. The van der Waals surface area contributed by atoms with Crippen LogP contribution in [0.4, 0.5) is 0 Å². The molecule has 0 saturated heterocycles. The van der Waals surface area contributed by atoms with Crippen LogP contribution >= 0.6 is 27.3 Å². The van der Waals surface area contributed by atoms with Gasteiger partial charge in [-0.05, 0) is 58.7 Å². The van der Waals surface area contributed by atoms with Gasteiger partial charge in [-0.1, -0.05) is 25.1 Å². The van der Waals surface area contributed by atoms with Crippen LogP contribution in [0.3, 0.4) is 0 Å². The summed E-state index contributed by atoms with van der Waals surface area (Å²) >= 11 is 5.42. The Bertz CT molecular complexity index is 747. The molecule has 3 aromatic rings. The van der Waals surface area contributed by atoms with Crippen molar-refractivity contribution in [1.29, 1.82) is 0 Å². The molecule has 3 rings (SSSR count). The van der Waals surface area contributed by atoms with Crippen LogP contribution in [0.1, 0.15) is 29.0 Å². The monoisotopic (exact) mass is 360 g/mol. The molecule has 0 aliphatic rings. The van der Waals surface area contributed by atoms with Gasteiger partial charge in [0.2, 0.25) is 0 Å². The van der Waals surface area contributed by atoms with Crippen LogP contribution in [0.2, 0.25) is 0 Å². The van der Waals surface area contributed by atoms with E-state index in [1.807, 2.05) is 12.3 Å². The fourth-order valence-electron chi connectivity index (χ4n) is 2.48. The maximum atomic E-state index is 4.47. The second-order valence-electron chi connectivity index (χ2n) is 5.05. The zero-order valence-electron chi connectivity index (χ0n) is 12.1. The van der Waals surface area contributed by atoms with Crippen molar-refractivity contribution in [1.82, 2.24) is 10.3 Å². The molecule has 21 heavy (non-hydrogen) atoms. The number of fused-ring (bicyclic) bond motifs is 1. The number of rotatable bonds is 4. The lowest BCUT2D eigenvalue weighted by Gasteiger charge is -2.17. The van der Waals surface area contributed by atoms with E-state index in [4.69, 9.17) is 0 Å². The Kier molecular flexibility index (Phi) is 4.38. The molecule has 0 amide bonds. The lowest BCUT2D eigenvalue weighted by Crippen LogP contribution is -2.21. The molecule has 1 aromatic carbocycles. The van der Waals surface area contributed by atoms with E-state index in [2.05, 4.69) is 70.4 Å². The molecule has 0 aliphatic heterocycles. The number of hydrogen-bond acceptors (Lipinski definition) is 3. The highest BCUT2D eigenvalue weighted by molar-refractivity contribution is 9.11. The minimum atomic E-state index is 0.219. The average Bonchev–Trinajstić information content (AvgIpc) is 2.83. The van der Waals surface area contributed by atoms with Gasteiger partial charge in [-0.3, -0.25) is 4.98 Å². The second kappa shape index (κ2) is 6.26. The minimum absolute atomic E-state index is 0.219. The van der Waals surface area contributed by atoms with Crippen molar-refractivity contribution in [2.75, 3.05) is 6.54 Å². The highest BCUT2D eigenvalue weighted by atomic mass is 79.9. The largest absolute Gasteiger partial charge is 0.306 e. The van der Waals surface area contributed by atoms with E-state index in [0.717, 1.165) is 12.1 Å². The van der Waals surface area contributed by atoms with Gasteiger partial charge >= 0.3 is 0 Å². The molecule has 0 saturated carbocycles. The molecule has 2 aromatic heterocycles. The third-order valence-corrected chi connectivity index (χ3v) is 5.73. The molecule has 1 unspecified atom stereocenters. The summed E-state index contributed by atoms with van der Waals surface area (Å²) in [5.74, 6) is 0. The molecule has 2 nitrogen and oxygen atoms in total. The molecular weight excluding hydrogens is 344 g/mol. The van der Waals surface area contributed by atoms with Crippen LogP contribution < -0.4 is 5.32 Å². The Balaban J connectivity index is 2.06. The molecule has 0 bridgehead atoms. The number of benzene rings is 1. The highest BCUT2D eigenvalue weighted by Crippen LogP contribution is 2.34. The van der Waals surface area contributed by atoms with Crippen LogP contribution in [-0.4, -0.2) is 11.5 Å². The topological polar surface area (TPSA) is 24.9 Å². The first-order valence-corrected chi connectivity index (χ1v) is 8.64. The Morgan fingerprint density at radius 2 is 2.14 bits per heavy atom. The number of halogens is 1. The summed E-state index contributed by atoms with van der Waals surface area (Å²) in [6, 6.07) is 13.1. The van der Waals surface area contributed by atoms with Crippen molar-refractivity contribution < 1.29 is 0 Å². The number of aryl methyl sites for hydroxylation is 1. The van der Waals surface area contributed by atoms with Gasteiger partial charge in [-0.25, -0.2) is 0 Å². The van der Waals surface area contributed by atoms with Gasteiger partial charge < -0.3 is 5.32 Å². The molecule has 0 fully saturated rings. The van der Waals surface area contributed by atoms with Crippen LogP contribution in [0.15, 0.2) is 46.4 Å². The summed E-state index contributed by atoms with van der Waals surface area (Å²) in [5.41, 5.74) is 3.60. The highest BCUT2D eigenvalue weighted by Gasteiger charge is 2.17. The molecule has 0 radical (unpaired) electrons. The molecule has 1 N–H and O–H groups in total.